The number of hydrogen-bond acceptors (Lipinski definition) is 4. The second-order valence-corrected chi connectivity index (χ2v) is 7.20. The lowest BCUT2D eigenvalue weighted by Gasteiger charge is -2.32. The third-order valence-electron chi connectivity index (χ3n) is 4.33. The van der Waals surface area contributed by atoms with Crippen LogP contribution in [0.15, 0.2) is 23.7 Å². The standard InChI is InChI=1S/C16H22BClO3S/c1-15(2)16(3,4)21-17(20-15)13(10-22)8-11-5-6-14(18)12(7-11)9-19/h5-8,19,22H,9-10H2,1-4H3. The predicted octanol–water partition coefficient (Wildman–Crippen LogP) is 3.78. The number of benzene rings is 1. The molecule has 0 aromatic heterocycles. The van der Waals surface area contributed by atoms with Crippen molar-refractivity contribution in [1.82, 2.24) is 0 Å². The molecule has 120 valence electrons. The average molecular weight is 341 g/mol. The van der Waals surface area contributed by atoms with Gasteiger partial charge in [0.15, 0.2) is 0 Å². The van der Waals surface area contributed by atoms with Crippen molar-refractivity contribution in [2.24, 2.45) is 0 Å². The molecule has 1 aromatic rings. The fourth-order valence-electron chi connectivity index (χ4n) is 2.20. The Bertz CT molecular complexity index is 571. The van der Waals surface area contributed by atoms with Crippen molar-refractivity contribution < 1.29 is 14.4 Å². The number of halogens is 1. The summed E-state index contributed by atoms with van der Waals surface area (Å²) in [5, 5.41) is 9.87. The molecule has 22 heavy (non-hydrogen) atoms. The van der Waals surface area contributed by atoms with Crippen LogP contribution in [0.2, 0.25) is 5.02 Å². The molecule has 0 bridgehead atoms. The van der Waals surface area contributed by atoms with Crippen LogP contribution in [-0.2, 0) is 15.9 Å². The molecule has 2 rings (SSSR count). The number of thiol groups is 1. The van der Waals surface area contributed by atoms with Crippen LogP contribution in [0.4, 0.5) is 0 Å². The van der Waals surface area contributed by atoms with Gasteiger partial charge in [-0.3, -0.25) is 0 Å². The zero-order valence-electron chi connectivity index (χ0n) is 13.4. The summed E-state index contributed by atoms with van der Waals surface area (Å²) in [6.07, 6.45) is 1.98. The third kappa shape index (κ3) is 3.54. The SMILES string of the molecule is CC1(C)OB(C(=Cc2ccc(Cl)c(CO)c2)CS)OC1(C)C. The molecule has 3 nitrogen and oxygen atoms in total. The molecule has 0 radical (unpaired) electrons. The molecule has 1 N–H and O–H groups in total. The first-order valence-corrected chi connectivity index (χ1v) is 8.27. The molecule has 0 unspecified atom stereocenters. The van der Waals surface area contributed by atoms with Crippen LogP contribution >= 0.6 is 24.2 Å². The van der Waals surface area contributed by atoms with E-state index in [4.69, 9.17) is 20.9 Å². The van der Waals surface area contributed by atoms with E-state index in [2.05, 4.69) is 12.6 Å². The van der Waals surface area contributed by atoms with Crippen LogP contribution in [0, 0.1) is 0 Å². The van der Waals surface area contributed by atoms with Crippen LogP contribution in [0.5, 0.6) is 0 Å². The molecule has 6 heteroatoms. The molecular formula is C16H22BClO3S. The van der Waals surface area contributed by atoms with Crippen molar-refractivity contribution in [2.75, 3.05) is 5.75 Å². The highest BCUT2D eigenvalue weighted by molar-refractivity contribution is 7.80. The zero-order chi connectivity index (χ0) is 16.5. The topological polar surface area (TPSA) is 38.7 Å². The summed E-state index contributed by atoms with van der Waals surface area (Å²) in [5.74, 6) is 0.522. The Morgan fingerprint density at radius 1 is 1.27 bits per heavy atom. The number of rotatable bonds is 4. The van der Waals surface area contributed by atoms with Crippen LogP contribution in [0.1, 0.15) is 38.8 Å². The van der Waals surface area contributed by atoms with Crippen molar-refractivity contribution >= 4 is 37.4 Å². The van der Waals surface area contributed by atoms with Crippen LogP contribution in [0.3, 0.4) is 0 Å². The Morgan fingerprint density at radius 2 is 1.86 bits per heavy atom. The first-order chi connectivity index (χ1) is 10.2. The van der Waals surface area contributed by atoms with E-state index >= 15 is 0 Å². The number of hydrogen-bond donors (Lipinski definition) is 2. The Morgan fingerprint density at radius 3 is 2.36 bits per heavy atom. The summed E-state index contributed by atoms with van der Waals surface area (Å²) in [6.45, 7) is 8.00. The smallest absolute Gasteiger partial charge is 0.400 e. The van der Waals surface area contributed by atoms with Crippen molar-refractivity contribution in [1.29, 1.82) is 0 Å². The monoisotopic (exact) mass is 340 g/mol. The molecule has 0 spiro atoms. The summed E-state index contributed by atoms with van der Waals surface area (Å²) < 4.78 is 12.1. The largest absolute Gasteiger partial charge is 0.491 e. The van der Waals surface area contributed by atoms with E-state index in [1.54, 1.807) is 6.07 Å². The van der Waals surface area contributed by atoms with E-state index in [1.165, 1.54) is 0 Å². The van der Waals surface area contributed by atoms with Gasteiger partial charge in [0.2, 0.25) is 0 Å². The Kier molecular flexibility index (Phi) is 5.35. The van der Waals surface area contributed by atoms with Gasteiger partial charge in [0.25, 0.3) is 0 Å². The van der Waals surface area contributed by atoms with Gasteiger partial charge in [-0.1, -0.05) is 23.7 Å². The first kappa shape index (κ1) is 17.9. The van der Waals surface area contributed by atoms with E-state index in [1.807, 2.05) is 45.9 Å². The van der Waals surface area contributed by atoms with Crippen molar-refractivity contribution in [3.63, 3.8) is 0 Å². The van der Waals surface area contributed by atoms with Gasteiger partial charge >= 0.3 is 7.12 Å². The molecule has 1 aromatic carbocycles. The van der Waals surface area contributed by atoms with Gasteiger partial charge in [0, 0.05) is 10.8 Å². The molecule has 0 saturated carbocycles. The summed E-state index contributed by atoms with van der Waals surface area (Å²) in [4.78, 5) is 0. The van der Waals surface area contributed by atoms with Crippen LogP contribution in [-0.4, -0.2) is 29.2 Å². The average Bonchev–Trinajstić information content (AvgIpc) is 2.66. The van der Waals surface area contributed by atoms with E-state index in [-0.39, 0.29) is 17.8 Å². The fraction of sp³-hybridized carbons (Fsp3) is 0.500. The van der Waals surface area contributed by atoms with E-state index in [0.29, 0.717) is 16.3 Å². The minimum Gasteiger partial charge on any atom is -0.400 e. The third-order valence-corrected chi connectivity index (χ3v) is 5.06. The zero-order valence-corrected chi connectivity index (χ0v) is 15.0. The summed E-state index contributed by atoms with van der Waals surface area (Å²) in [7, 11) is -0.421. The molecule has 1 aliphatic heterocycles. The number of aliphatic hydroxyl groups excluding tert-OH is 1. The summed E-state index contributed by atoms with van der Waals surface area (Å²) >= 11 is 10.4. The van der Waals surface area contributed by atoms with Crippen molar-refractivity contribution in [3.8, 4) is 0 Å². The molecule has 0 atom stereocenters. The quantitative estimate of drug-likeness (QED) is 0.647. The highest BCUT2D eigenvalue weighted by atomic mass is 35.5. The lowest BCUT2D eigenvalue weighted by atomic mass is 9.78. The molecule has 1 saturated heterocycles. The molecule has 1 aliphatic rings. The van der Waals surface area contributed by atoms with Gasteiger partial charge in [0.1, 0.15) is 0 Å². The maximum atomic E-state index is 9.31. The molecule has 0 amide bonds. The van der Waals surface area contributed by atoms with Gasteiger partial charge in [-0.25, -0.2) is 0 Å². The maximum absolute atomic E-state index is 9.31. The minimum atomic E-state index is -0.421. The van der Waals surface area contributed by atoms with Gasteiger partial charge in [0.05, 0.1) is 17.8 Å². The van der Waals surface area contributed by atoms with Crippen LogP contribution < -0.4 is 0 Å². The second kappa shape index (κ2) is 6.58. The molecule has 0 aliphatic carbocycles. The summed E-state index contributed by atoms with van der Waals surface area (Å²) in [6, 6.07) is 5.53. The Labute approximate surface area is 143 Å². The van der Waals surface area contributed by atoms with E-state index in [0.717, 1.165) is 11.0 Å². The van der Waals surface area contributed by atoms with Gasteiger partial charge in [-0.15, -0.1) is 0 Å². The molecule has 1 heterocycles. The van der Waals surface area contributed by atoms with E-state index < -0.39 is 7.12 Å². The normalized spacial score (nSPS) is 20.5. The van der Waals surface area contributed by atoms with Gasteiger partial charge < -0.3 is 14.4 Å². The second-order valence-electron chi connectivity index (χ2n) is 6.47. The lowest BCUT2D eigenvalue weighted by molar-refractivity contribution is 0.00578. The molecular weight excluding hydrogens is 319 g/mol. The van der Waals surface area contributed by atoms with Crippen molar-refractivity contribution in [2.45, 2.75) is 45.5 Å². The Hall–Kier alpha value is -0.455. The lowest BCUT2D eigenvalue weighted by Crippen LogP contribution is -2.41. The first-order valence-electron chi connectivity index (χ1n) is 7.26. The highest BCUT2D eigenvalue weighted by Gasteiger charge is 2.52. The minimum absolute atomic E-state index is 0.0901. The number of aliphatic hydroxyl groups is 1. The maximum Gasteiger partial charge on any atom is 0.491 e. The van der Waals surface area contributed by atoms with Gasteiger partial charge in [-0.2, -0.15) is 12.6 Å². The predicted molar refractivity (Wildman–Crippen MR) is 95.3 cm³/mol. The van der Waals surface area contributed by atoms with Crippen molar-refractivity contribution in [3.05, 3.63) is 39.8 Å². The summed E-state index contributed by atoms with van der Waals surface area (Å²) in [5.41, 5.74) is 1.81. The highest BCUT2D eigenvalue weighted by Crippen LogP contribution is 2.39. The van der Waals surface area contributed by atoms with Crippen LogP contribution in [0.25, 0.3) is 6.08 Å². The Balaban J connectivity index is 2.29. The van der Waals surface area contributed by atoms with E-state index in [9.17, 15) is 5.11 Å². The fourth-order valence-corrected chi connectivity index (χ4v) is 2.62. The van der Waals surface area contributed by atoms with Gasteiger partial charge in [-0.05, 0) is 56.4 Å². The molecule has 1 fully saturated rings.